The van der Waals surface area contributed by atoms with Crippen LogP contribution in [0.4, 0.5) is 0 Å². The molecule has 0 aromatic carbocycles. The highest BCUT2D eigenvalue weighted by Crippen LogP contribution is 2.02. The number of nitrogens with one attached hydrogen (secondary N) is 1. The van der Waals surface area contributed by atoms with Crippen LogP contribution < -0.4 is 5.32 Å². The Morgan fingerprint density at radius 2 is 2.25 bits per heavy atom. The second kappa shape index (κ2) is 6.86. The second-order valence-electron chi connectivity index (χ2n) is 4.74. The number of carbonyl (C=O) groups is 1. The Kier molecular flexibility index (Phi) is 5.77. The number of nitrogens with zero attached hydrogens (tertiary/aromatic N) is 2. The van der Waals surface area contributed by atoms with Crippen LogP contribution in [-0.2, 0) is 4.79 Å². The molecule has 0 spiro atoms. The number of hydrogen-bond acceptors (Lipinski definition) is 3. The van der Waals surface area contributed by atoms with Gasteiger partial charge in [-0.25, -0.2) is 0 Å². The molecule has 0 saturated carbocycles. The average molecular weight is 227 g/mol. The first-order valence-electron chi connectivity index (χ1n) is 6.32. The quantitative estimate of drug-likeness (QED) is 0.696. The van der Waals surface area contributed by atoms with Gasteiger partial charge in [-0.05, 0) is 13.5 Å². The third kappa shape index (κ3) is 4.10. The predicted molar refractivity (Wildman–Crippen MR) is 66.4 cm³/mol. The van der Waals surface area contributed by atoms with Gasteiger partial charge >= 0.3 is 0 Å². The van der Waals surface area contributed by atoms with Crippen LogP contribution in [0, 0.1) is 0 Å². The van der Waals surface area contributed by atoms with Crippen LogP contribution in [0.15, 0.2) is 0 Å². The lowest BCUT2D eigenvalue weighted by atomic mass is 10.2. The Morgan fingerprint density at radius 1 is 1.50 bits per heavy atom. The van der Waals surface area contributed by atoms with E-state index >= 15 is 0 Å². The van der Waals surface area contributed by atoms with Crippen LogP contribution >= 0.6 is 0 Å². The summed E-state index contributed by atoms with van der Waals surface area (Å²) in [6, 6.07) is -0.00891. The van der Waals surface area contributed by atoms with Gasteiger partial charge in [-0.1, -0.05) is 19.8 Å². The lowest BCUT2D eigenvalue weighted by Gasteiger charge is -2.32. The van der Waals surface area contributed by atoms with Crippen LogP contribution in [0.3, 0.4) is 0 Å². The minimum Gasteiger partial charge on any atom is -0.344 e. The summed E-state index contributed by atoms with van der Waals surface area (Å²) < 4.78 is 0. The molecule has 1 heterocycles. The van der Waals surface area contributed by atoms with Crippen molar-refractivity contribution in [2.75, 3.05) is 40.3 Å². The van der Waals surface area contributed by atoms with E-state index in [2.05, 4.69) is 24.2 Å². The van der Waals surface area contributed by atoms with Crippen molar-refractivity contribution in [2.45, 2.75) is 32.2 Å². The number of piperazine rings is 1. The number of likely N-dealkylation sites (N-methyl/N-ethyl adjacent to an activating group) is 2. The smallest absolute Gasteiger partial charge is 0.240 e. The molecule has 1 N–H and O–H groups in total. The Morgan fingerprint density at radius 3 is 2.88 bits per heavy atom. The molecule has 4 heteroatoms. The van der Waals surface area contributed by atoms with Gasteiger partial charge in [-0.2, -0.15) is 0 Å². The van der Waals surface area contributed by atoms with E-state index in [0.29, 0.717) is 0 Å². The molecule has 1 atom stereocenters. The van der Waals surface area contributed by atoms with E-state index < -0.39 is 0 Å². The largest absolute Gasteiger partial charge is 0.344 e. The van der Waals surface area contributed by atoms with Gasteiger partial charge in [0.15, 0.2) is 0 Å². The Hall–Kier alpha value is -0.610. The molecular weight excluding hydrogens is 202 g/mol. The SMILES string of the molecule is CCCCCN(C)C(=O)C1CN(C)CCN1. The van der Waals surface area contributed by atoms with Crippen LogP contribution in [0.1, 0.15) is 26.2 Å². The topological polar surface area (TPSA) is 35.6 Å². The lowest BCUT2D eigenvalue weighted by molar-refractivity contribution is -0.133. The van der Waals surface area contributed by atoms with Gasteiger partial charge in [0.2, 0.25) is 5.91 Å². The average Bonchev–Trinajstić information content (AvgIpc) is 2.28. The number of unbranched alkanes of at least 4 members (excludes halogenated alkanes) is 2. The zero-order valence-corrected chi connectivity index (χ0v) is 10.8. The Balaban J connectivity index is 2.31. The monoisotopic (exact) mass is 227 g/mol. The van der Waals surface area contributed by atoms with E-state index in [-0.39, 0.29) is 11.9 Å². The molecule has 16 heavy (non-hydrogen) atoms. The van der Waals surface area contributed by atoms with E-state index in [9.17, 15) is 4.79 Å². The maximum atomic E-state index is 12.1. The van der Waals surface area contributed by atoms with Crippen molar-refractivity contribution in [1.82, 2.24) is 15.1 Å². The standard InChI is InChI=1S/C12H25N3O/c1-4-5-6-8-15(3)12(16)11-10-14(2)9-7-13-11/h11,13H,4-10H2,1-3H3. The highest BCUT2D eigenvalue weighted by Gasteiger charge is 2.25. The summed E-state index contributed by atoms with van der Waals surface area (Å²) >= 11 is 0. The summed E-state index contributed by atoms with van der Waals surface area (Å²) in [6.07, 6.45) is 3.52. The molecule has 1 aliphatic heterocycles. The zero-order valence-electron chi connectivity index (χ0n) is 10.8. The lowest BCUT2D eigenvalue weighted by Crippen LogP contribution is -2.56. The van der Waals surface area contributed by atoms with Crippen molar-refractivity contribution in [3.05, 3.63) is 0 Å². The third-order valence-electron chi connectivity index (χ3n) is 3.15. The predicted octanol–water partition coefficient (Wildman–Crippen LogP) is 0.539. The van der Waals surface area contributed by atoms with E-state index in [1.807, 2.05) is 11.9 Å². The van der Waals surface area contributed by atoms with Crippen LogP contribution in [0.2, 0.25) is 0 Å². The molecule has 0 bridgehead atoms. The fraction of sp³-hybridized carbons (Fsp3) is 0.917. The first-order chi connectivity index (χ1) is 7.65. The normalized spacial score (nSPS) is 22.1. The minimum absolute atomic E-state index is 0.00891. The molecule has 1 saturated heterocycles. The van der Waals surface area contributed by atoms with E-state index in [0.717, 1.165) is 32.6 Å². The number of amides is 1. The molecule has 0 aromatic rings. The van der Waals surface area contributed by atoms with E-state index in [1.165, 1.54) is 12.8 Å². The Bertz CT molecular complexity index is 220. The molecular formula is C12H25N3O. The maximum Gasteiger partial charge on any atom is 0.240 e. The van der Waals surface area contributed by atoms with Crippen LogP contribution in [0.25, 0.3) is 0 Å². The molecule has 0 aromatic heterocycles. The summed E-state index contributed by atoms with van der Waals surface area (Å²) in [5, 5.41) is 3.29. The van der Waals surface area contributed by atoms with Gasteiger partial charge in [-0.15, -0.1) is 0 Å². The number of hydrogen-bond donors (Lipinski definition) is 1. The van der Waals surface area contributed by atoms with Crippen molar-refractivity contribution in [3.63, 3.8) is 0 Å². The molecule has 1 unspecified atom stereocenters. The van der Waals surface area contributed by atoms with Crippen LogP contribution in [0.5, 0.6) is 0 Å². The molecule has 1 aliphatic rings. The first-order valence-corrected chi connectivity index (χ1v) is 6.32. The molecule has 1 rings (SSSR count). The molecule has 0 radical (unpaired) electrons. The zero-order chi connectivity index (χ0) is 12.0. The summed E-state index contributed by atoms with van der Waals surface area (Å²) in [7, 11) is 3.98. The fourth-order valence-corrected chi connectivity index (χ4v) is 2.04. The summed E-state index contributed by atoms with van der Waals surface area (Å²) in [5.41, 5.74) is 0. The molecule has 0 aliphatic carbocycles. The minimum atomic E-state index is -0.00891. The van der Waals surface area contributed by atoms with Crippen molar-refractivity contribution >= 4 is 5.91 Å². The second-order valence-corrected chi connectivity index (χ2v) is 4.74. The first kappa shape index (κ1) is 13.5. The molecule has 1 amide bonds. The van der Waals surface area contributed by atoms with Crippen molar-refractivity contribution in [1.29, 1.82) is 0 Å². The third-order valence-corrected chi connectivity index (χ3v) is 3.15. The molecule has 94 valence electrons. The molecule has 4 nitrogen and oxygen atoms in total. The molecule has 1 fully saturated rings. The summed E-state index contributed by atoms with van der Waals surface area (Å²) in [6.45, 7) is 5.84. The van der Waals surface area contributed by atoms with Crippen molar-refractivity contribution in [2.24, 2.45) is 0 Å². The highest BCUT2D eigenvalue weighted by atomic mass is 16.2. The maximum absolute atomic E-state index is 12.1. The van der Waals surface area contributed by atoms with Gasteiger partial charge in [0.05, 0.1) is 6.04 Å². The Labute approximate surface area is 99.0 Å². The van der Waals surface area contributed by atoms with Gasteiger partial charge in [0, 0.05) is 33.2 Å². The fourth-order valence-electron chi connectivity index (χ4n) is 2.04. The summed E-state index contributed by atoms with van der Waals surface area (Å²) in [4.78, 5) is 16.1. The van der Waals surface area contributed by atoms with Crippen LogP contribution in [-0.4, -0.2) is 62.0 Å². The van der Waals surface area contributed by atoms with Gasteiger partial charge in [-0.3, -0.25) is 4.79 Å². The van der Waals surface area contributed by atoms with Gasteiger partial charge in [0.25, 0.3) is 0 Å². The highest BCUT2D eigenvalue weighted by molar-refractivity contribution is 5.82. The number of rotatable bonds is 5. The van der Waals surface area contributed by atoms with E-state index in [4.69, 9.17) is 0 Å². The van der Waals surface area contributed by atoms with Crippen molar-refractivity contribution < 1.29 is 4.79 Å². The van der Waals surface area contributed by atoms with E-state index in [1.54, 1.807) is 0 Å². The summed E-state index contributed by atoms with van der Waals surface area (Å²) in [5.74, 6) is 0.239. The van der Waals surface area contributed by atoms with Gasteiger partial charge < -0.3 is 15.1 Å². The van der Waals surface area contributed by atoms with Gasteiger partial charge in [0.1, 0.15) is 0 Å². The number of carbonyl (C=O) groups excluding carboxylic acids is 1. The van der Waals surface area contributed by atoms with Crippen molar-refractivity contribution in [3.8, 4) is 0 Å².